The van der Waals surface area contributed by atoms with Gasteiger partial charge in [0.05, 0.1) is 25.5 Å². The average molecular weight is 328 g/mol. The van der Waals surface area contributed by atoms with Gasteiger partial charge in [0, 0.05) is 12.7 Å². The molecule has 0 atom stereocenters. The summed E-state index contributed by atoms with van der Waals surface area (Å²) in [5.74, 6) is 0.945. The first-order chi connectivity index (χ1) is 11.6. The molecule has 4 N–H and O–H groups in total. The molecule has 0 spiro atoms. The van der Waals surface area contributed by atoms with Crippen molar-refractivity contribution in [1.82, 2.24) is 5.32 Å². The number of nitrogens with one attached hydrogen (secondary N) is 4. The van der Waals surface area contributed by atoms with Gasteiger partial charge in [-0.05, 0) is 24.3 Å². The van der Waals surface area contributed by atoms with Crippen LogP contribution in [0.5, 0.6) is 11.5 Å². The molecule has 0 aliphatic heterocycles. The molecule has 0 aromatic heterocycles. The van der Waals surface area contributed by atoms with Crippen LogP contribution in [0, 0.1) is 5.41 Å². The summed E-state index contributed by atoms with van der Waals surface area (Å²) in [6.07, 6.45) is 0. The van der Waals surface area contributed by atoms with E-state index >= 15 is 0 Å². The first-order valence-electron chi connectivity index (χ1n) is 7.25. The van der Waals surface area contributed by atoms with E-state index in [4.69, 9.17) is 14.9 Å². The lowest BCUT2D eigenvalue weighted by atomic mass is 10.1. The Balaban J connectivity index is 2.16. The SMILES string of the molecule is CNc1cccc(OC)c1C(=N)NC(=O)Nc1ccccc1OC. The van der Waals surface area contributed by atoms with E-state index in [-0.39, 0.29) is 5.84 Å². The van der Waals surface area contributed by atoms with Crippen LogP contribution in [-0.4, -0.2) is 33.1 Å². The monoisotopic (exact) mass is 328 g/mol. The molecule has 2 amide bonds. The minimum Gasteiger partial charge on any atom is -0.496 e. The third kappa shape index (κ3) is 3.75. The summed E-state index contributed by atoms with van der Waals surface area (Å²) < 4.78 is 10.5. The van der Waals surface area contributed by atoms with E-state index in [1.807, 2.05) is 0 Å². The largest absolute Gasteiger partial charge is 0.496 e. The van der Waals surface area contributed by atoms with E-state index in [0.717, 1.165) is 0 Å². The van der Waals surface area contributed by atoms with Crippen LogP contribution in [0.3, 0.4) is 0 Å². The van der Waals surface area contributed by atoms with Gasteiger partial charge >= 0.3 is 6.03 Å². The fourth-order valence-electron chi connectivity index (χ4n) is 2.24. The number of rotatable bonds is 5. The third-order valence-corrected chi connectivity index (χ3v) is 3.36. The van der Waals surface area contributed by atoms with Crippen molar-refractivity contribution in [2.45, 2.75) is 0 Å². The second kappa shape index (κ2) is 7.87. The molecule has 24 heavy (non-hydrogen) atoms. The van der Waals surface area contributed by atoms with Crippen molar-refractivity contribution < 1.29 is 14.3 Å². The van der Waals surface area contributed by atoms with Gasteiger partial charge in [-0.15, -0.1) is 0 Å². The Bertz CT molecular complexity index is 724. The van der Waals surface area contributed by atoms with E-state index in [9.17, 15) is 4.79 Å². The molecule has 0 bridgehead atoms. The van der Waals surface area contributed by atoms with Crippen molar-refractivity contribution in [3.05, 3.63) is 48.0 Å². The summed E-state index contributed by atoms with van der Waals surface area (Å²) in [4.78, 5) is 12.2. The van der Waals surface area contributed by atoms with E-state index in [1.165, 1.54) is 14.2 Å². The molecule has 126 valence electrons. The van der Waals surface area contributed by atoms with Crippen LogP contribution >= 0.6 is 0 Å². The Hall–Kier alpha value is -3.22. The quantitative estimate of drug-likeness (QED) is 0.501. The Morgan fingerprint density at radius 1 is 0.958 bits per heavy atom. The molecule has 2 aromatic rings. The number of methoxy groups -OCH3 is 2. The van der Waals surface area contributed by atoms with E-state index in [2.05, 4.69) is 16.0 Å². The molecule has 0 aliphatic carbocycles. The lowest BCUT2D eigenvalue weighted by Gasteiger charge is -2.16. The first kappa shape index (κ1) is 17.1. The maximum atomic E-state index is 12.2. The van der Waals surface area contributed by atoms with Crippen LogP contribution in [-0.2, 0) is 0 Å². The Morgan fingerprint density at radius 2 is 1.58 bits per heavy atom. The number of benzene rings is 2. The van der Waals surface area contributed by atoms with Gasteiger partial charge in [-0.1, -0.05) is 18.2 Å². The topological polar surface area (TPSA) is 95.5 Å². The Morgan fingerprint density at radius 3 is 2.25 bits per heavy atom. The fraction of sp³-hybridized carbons (Fsp3) is 0.176. The van der Waals surface area contributed by atoms with Crippen LogP contribution in [0.4, 0.5) is 16.2 Å². The zero-order valence-electron chi connectivity index (χ0n) is 13.8. The lowest BCUT2D eigenvalue weighted by molar-refractivity contribution is 0.256. The molecule has 0 fully saturated rings. The normalized spacial score (nSPS) is 9.79. The first-order valence-corrected chi connectivity index (χ1v) is 7.25. The molecular weight excluding hydrogens is 308 g/mol. The number of ether oxygens (including phenoxy) is 2. The standard InChI is InChI=1S/C17H20N4O3/c1-19-12-8-6-10-14(24-3)15(12)16(18)21-17(22)20-11-7-4-5-9-13(11)23-2/h4-10,19H,1-3H3,(H3,18,20,21,22). The summed E-state index contributed by atoms with van der Waals surface area (Å²) in [5, 5.41) is 16.3. The van der Waals surface area contributed by atoms with Gasteiger partial charge in [-0.25, -0.2) is 4.79 Å². The summed E-state index contributed by atoms with van der Waals surface area (Å²) in [7, 11) is 4.77. The number of amidine groups is 1. The highest BCUT2D eigenvalue weighted by molar-refractivity contribution is 6.13. The van der Waals surface area contributed by atoms with E-state index in [0.29, 0.717) is 28.4 Å². The lowest BCUT2D eigenvalue weighted by Crippen LogP contribution is -2.35. The number of carbonyl (C=O) groups is 1. The van der Waals surface area contributed by atoms with Gasteiger partial charge in [-0.3, -0.25) is 10.7 Å². The van der Waals surface area contributed by atoms with E-state index in [1.54, 1.807) is 49.5 Å². The minimum absolute atomic E-state index is 0.0794. The second-order valence-corrected chi connectivity index (χ2v) is 4.79. The van der Waals surface area contributed by atoms with Crippen LogP contribution in [0.2, 0.25) is 0 Å². The van der Waals surface area contributed by atoms with Gasteiger partial charge in [0.1, 0.15) is 17.3 Å². The van der Waals surface area contributed by atoms with Gasteiger partial charge in [0.15, 0.2) is 0 Å². The van der Waals surface area contributed by atoms with Gasteiger partial charge in [0.25, 0.3) is 0 Å². The van der Waals surface area contributed by atoms with Crippen molar-refractivity contribution in [3.8, 4) is 11.5 Å². The van der Waals surface area contributed by atoms with Crippen molar-refractivity contribution in [2.24, 2.45) is 0 Å². The molecule has 0 heterocycles. The predicted molar refractivity (Wildman–Crippen MR) is 94.5 cm³/mol. The molecule has 0 aliphatic rings. The molecule has 2 rings (SSSR count). The highest BCUT2D eigenvalue weighted by Gasteiger charge is 2.16. The summed E-state index contributed by atoms with van der Waals surface area (Å²) >= 11 is 0. The fourth-order valence-corrected chi connectivity index (χ4v) is 2.24. The van der Waals surface area contributed by atoms with Crippen LogP contribution in [0.15, 0.2) is 42.5 Å². The van der Waals surface area contributed by atoms with Crippen molar-refractivity contribution in [1.29, 1.82) is 5.41 Å². The smallest absolute Gasteiger partial charge is 0.324 e. The summed E-state index contributed by atoms with van der Waals surface area (Å²) in [6.45, 7) is 0. The Labute approximate surface area is 140 Å². The zero-order chi connectivity index (χ0) is 17.5. The van der Waals surface area contributed by atoms with Crippen molar-refractivity contribution >= 4 is 23.2 Å². The highest BCUT2D eigenvalue weighted by atomic mass is 16.5. The number of para-hydroxylation sites is 2. The van der Waals surface area contributed by atoms with Crippen molar-refractivity contribution in [3.63, 3.8) is 0 Å². The summed E-state index contributed by atoms with van der Waals surface area (Å²) in [6, 6.07) is 11.8. The average Bonchev–Trinajstić information content (AvgIpc) is 2.61. The molecule has 0 unspecified atom stereocenters. The predicted octanol–water partition coefficient (Wildman–Crippen LogP) is 2.89. The van der Waals surface area contributed by atoms with Gasteiger partial charge in [-0.2, -0.15) is 0 Å². The number of carbonyl (C=O) groups excluding carboxylic acids is 1. The molecule has 0 radical (unpaired) electrons. The zero-order valence-corrected chi connectivity index (χ0v) is 13.8. The van der Waals surface area contributed by atoms with Crippen LogP contribution in [0.1, 0.15) is 5.56 Å². The number of hydrogen-bond acceptors (Lipinski definition) is 5. The molecule has 7 nitrogen and oxygen atoms in total. The molecule has 0 saturated carbocycles. The number of amides is 2. The number of urea groups is 1. The molecule has 2 aromatic carbocycles. The molecular formula is C17H20N4O3. The van der Waals surface area contributed by atoms with Gasteiger partial charge in [0.2, 0.25) is 0 Å². The maximum absolute atomic E-state index is 12.2. The van der Waals surface area contributed by atoms with Crippen molar-refractivity contribution in [2.75, 3.05) is 31.9 Å². The number of anilines is 2. The molecule has 7 heteroatoms. The van der Waals surface area contributed by atoms with Crippen LogP contribution < -0.4 is 25.4 Å². The third-order valence-electron chi connectivity index (χ3n) is 3.36. The second-order valence-electron chi connectivity index (χ2n) is 4.79. The van der Waals surface area contributed by atoms with E-state index < -0.39 is 6.03 Å². The highest BCUT2D eigenvalue weighted by Crippen LogP contribution is 2.26. The molecule has 0 saturated heterocycles. The maximum Gasteiger partial charge on any atom is 0.324 e. The number of hydrogen-bond donors (Lipinski definition) is 4. The Kier molecular flexibility index (Phi) is 5.62. The van der Waals surface area contributed by atoms with Gasteiger partial charge < -0.3 is 20.1 Å². The minimum atomic E-state index is -0.544. The summed E-state index contributed by atoms with van der Waals surface area (Å²) in [5.41, 5.74) is 1.66. The van der Waals surface area contributed by atoms with Crippen LogP contribution in [0.25, 0.3) is 0 Å².